The van der Waals surface area contributed by atoms with E-state index in [4.69, 9.17) is 14.2 Å². The van der Waals surface area contributed by atoms with Gasteiger partial charge in [-0.05, 0) is 18.2 Å². The normalized spacial score (nSPS) is 23.6. The van der Waals surface area contributed by atoms with Crippen LogP contribution in [0.15, 0.2) is 41.7 Å². The van der Waals surface area contributed by atoms with E-state index in [0.717, 1.165) is 5.56 Å². The van der Waals surface area contributed by atoms with Gasteiger partial charge in [0.25, 0.3) is 0 Å². The number of allylic oxidation sites excluding steroid dienone is 2. The maximum Gasteiger partial charge on any atom is 0.220 e. The minimum absolute atomic E-state index is 0.0229. The molecular weight excluding hydrogens is 300 g/mol. The molecule has 0 radical (unpaired) electrons. The van der Waals surface area contributed by atoms with E-state index in [1.807, 2.05) is 0 Å². The molecule has 0 fully saturated rings. The molecule has 6 nitrogen and oxygen atoms in total. The fourth-order valence-electron chi connectivity index (χ4n) is 2.92. The van der Waals surface area contributed by atoms with E-state index in [1.54, 1.807) is 6.07 Å². The van der Waals surface area contributed by atoms with Gasteiger partial charge < -0.3 is 19.3 Å². The van der Waals surface area contributed by atoms with Crippen molar-refractivity contribution in [2.45, 2.75) is 6.10 Å². The van der Waals surface area contributed by atoms with Crippen molar-refractivity contribution in [3.05, 3.63) is 47.2 Å². The highest BCUT2D eigenvalue weighted by Gasteiger charge is 2.37. The van der Waals surface area contributed by atoms with Gasteiger partial charge in [0.1, 0.15) is 11.5 Å². The summed E-state index contributed by atoms with van der Waals surface area (Å²) < 4.78 is 16.1. The average molecular weight is 316 g/mol. The van der Waals surface area contributed by atoms with Crippen molar-refractivity contribution in [1.82, 2.24) is 0 Å². The summed E-state index contributed by atoms with van der Waals surface area (Å²) >= 11 is 0. The lowest BCUT2D eigenvalue weighted by Gasteiger charge is -2.34. The zero-order chi connectivity index (χ0) is 16.6. The number of aromatic hydroxyl groups is 1. The Morgan fingerprint density at radius 3 is 2.65 bits per heavy atom. The fraction of sp³-hybridized carbons (Fsp3) is 0.294. The van der Waals surface area contributed by atoms with Gasteiger partial charge in [-0.25, -0.2) is 0 Å². The zero-order valence-electron chi connectivity index (χ0n) is 12.7. The Labute approximate surface area is 133 Å². The highest BCUT2D eigenvalue weighted by atomic mass is 16.5. The van der Waals surface area contributed by atoms with Gasteiger partial charge in [-0.1, -0.05) is 0 Å². The molecule has 1 aromatic rings. The summed E-state index contributed by atoms with van der Waals surface area (Å²) in [5.41, 5.74) is 1.06. The van der Waals surface area contributed by atoms with Crippen LogP contribution in [0.4, 0.5) is 0 Å². The summed E-state index contributed by atoms with van der Waals surface area (Å²) in [5.74, 6) is -0.435. The summed E-state index contributed by atoms with van der Waals surface area (Å²) in [5, 5.41) is 9.54. The lowest BCUT2D eigenvalue weighted by molar-refractivity contribution is -0.118. The standard InChI is InChI=1S/C17H16O6/c1-21-16-7-13(19)11(6-14(16)20)12-8-23-15-5-9(18)3-4-10(15)17(12)22-2/h3-7,12,17-18H,8H2,1-2H3/t12-,17?/m0/s1. The van der Waals surface area contributed by atoms with Gasteiger partial charge in [0, 0.05) is 30.4 Å². The molecule has 0 bridgehead atoms. The predicted molar refractivity (Wildman–Crippen MR) is 80.0 cm³/mol. The molecule has 0 spiro atoms. The minimum Gasteiger partial charge on any atom is -0.508 e. The molecule has 2 aliphatic rings. The SMILES string of the molecule is COC1=CC(=O)C([C@@H]2COc3cc(O)ccc3C2OC)=CC1=O. The average Bonchev–Trinajstić information content (AvgIpc) is 2.55. The molecule has 1 aromatic carbocycles. The number of hydrogen-bond acceptors (Lipinski definition) is 6. The Balaban J connectivity index is 1.97. The van der Waals surface area contributed by atoms with E-state index in [2.05, 4.69) is 0 Å². The third kappa shape index (κ3) is 2.61. The maximum absolute atomic E-state index is 12.3. The van der Waals surface area contributed by atoms with Crippen LogP contribution in [0.1, 0.15) is 11.7 Å². The second-order valence-electron chi connectivity index (χ2n) is 5.34. The summed E-state index contributed by atoms with van der Waals surface area (Å²) in [6.45, 7) is 0.177. The molecule has 0 saturated carbocycles. The van der Waals surface area contributed by atoms with Crippen LogP contribution in [0.2, 0.25) is 0 Å². The maximum atomic E-state index is 12.3. The Hall–Kier alpha value is -2.60. The third-order valence-corrected chi connectivity index (χ3v) is 4.04. The summed E-state index contributed by atoms with van der Waals surface area (Å²) in [7, 11) is 2.88. The van der Waals surface area contributed by atoms with Crippen LogP contribution in [0, 0.1) is 5.92 Å². The second kappa shape index (κ2) is 5.89. The first-order chi connectivity index (χ1) is 11.0. The fourth-order valence-corrected chi connectivity index (χ4v) is 2.92. The topological polar surface area (TPSA) is 82.1 Å². The van der Waals surface area contributed by atoms with E-state index in [0.29, 0.717) is 11.3 Å². The number of hydrogen-bond donors (Lipinski definition) is 1. The molecule has 120 valence electrons. The van der Waals surface area contributed by atoms with Gasteiger partial charge >= 0.3 is 0 Å². The lowest BCUT2D eigenvalue weighted by atomic mass is 9.82. The van der Waals surface area contributed by atoms with Crippen molar-refractivity contribution in [3.8, 4) is 11.5 Å². The molecule has 3 rings (SSSR count). The number of ether oxygens (including phenoxy) is 3. The number of carbonyl (C=O) groups excluding carboxylic acids is 2. The number of phenols is 1. The van der Waals surface area contributed by atoms with Crippen LogP contribution in [0.25, 0.3) is 0 Å². The Morgan fingerprint density at radius 1 is 1.17 bits per heavy atom. The van der Waals surface area contributed by atoms with E-state index >= 15 is 0 Å². The molecule has 1 N–H and O–H groups in total. The highest BCUT2D eigenvalue weighted by molar-refractivity contribution is 6.19. The van der Waals surface area contributed by atoms with Crippen LogP contribution >= 0.6 is 0 Å². The molecule has 1 heterocycles. The minimum atomic E-state index is -0.445. The number of ketones is 2. The number of methoxy groups -OCH3 is 2. The Morgan fingerprint density at radius 2 is 1.96 bits per heavy atom. The quantitative estimate of drug-likeness (QED) is 0.855. The zero-order valence-corrected chi connectivity index (χ0v) is 12.7. The van der Waals surface area contributed by atoms with Gasteiger partial charge in [0.2, 0.25) is 5.78 Å². The first kappa shape index (κ1) is 15.3. The van der Waals surface area contributed by atoms with Gasteiger partial charge in [0.05, 0.1) is 25.7 Å². The van der Waals surface area contributed by atoms with Crippen molar-refractivity contribution in [2.75, 3.05) is 20.8 Å². The molecule has 6 heteroatoms. The first-order valence-electron chi connectivity index (χ1n) is 7.09. The van der Waals surface area contributed by atoms with E-state index in [1.165, 1.54) is 38.5 Å². The number of rotatable bonds is 3. The summed E-state index contributed by atoms with van der Waals surface area (Å²) in [6.07, 6.45) is 2.03. The monoisotopic (exact) mass is 316 g/mol. The molecule has 0 aromatic heterocycles. The van der Waals surface area contributed by atoms with Gasteiger partial charge in [-0.3, -0.25) is 9.59 Å². The summed E-state index contributed by atoms with van der Waals surface area (Å²) in [6, 6.07) is 4.72. The Kier molecular flexibility index (Phi) is 3.92. The third-order valence-electron chi connectivity index (χ3n) is 4.04. The largest absolute Gasteiger partial charge is 0.508 e. The van der Waals surface area contributed by atoms with Gasteiger partial charge in [0.15, 0.2) is 11.5 Å². The van der Waals surface area contributed by atoms with Crippen LogP contribution in [0.5, 0.6) is 11.5 Å². The number of fused-ring (bicyclic) bond motifs is 1. The van der Waals surface area contributed by atoms with Crippen molar-refractivity contribution >= 4 is 11.6 Å². The van der Waals surface area contributed by atoms with Crippen LogP contribution in [-0.2, 0) is 19.1 Å². The smallest absolute Gasteiger partial charge is 0.220 e. The van der Waals surface area contributed by atoms with Crippen LogP contribution < -0.4 is 4.74 Å². The Bertz CT molecular complexity index is 731. The van der Waals surface area contributed by atoms with Crippen molar-refractivity contribution in [2.24, 2.45) is 5.92 Å². The van der Waals surface area contributed by atoms with Crippen molar-refractivity contribution < 1.29 is 28.9 Å². The first-order valence-corrected chi connectivity index (χ1v) is 7.09. The molecule has 0 amide bonds. The van der Waals surface area contributed by atoms with Crippen LogP contribution in [0.3, 0.4) is 0 Å². The van der Waals surface area contributed by atoms with Gasteiger partial charge in [-0.15, -0.1) is 0 Å². The van der Waals surface area contributed by atoms with Crippen LogP contribution in [-0.4, -0.2) is 37.5 Å². The van der Waals surface area contributed by atoms with Gasteiger partial charge in [-0.2, -0.15) is 0 Å². The molecule has 2 atom stereocenters. The van der Waals surface area contributed by atoms with E-state index in [-0.39, 0.29) is 29.7 Å². The molecule has 1 aliphatic heterocycles. The molecule has 23 heavy (non-hydrogen) atoms. The molecule has 1 unspecified atom stereocenters. The molecule has 1 aliphatic carbocycles. The number of benzene rings is 1. The van der Waals surface area contributed by atoms with E-state index < -0.39 is 12.0 Å². The second-order valence-corrected chi connectivity index (χ2v) is 5.34. The van der Waals surface area contributed by atoms with Crippen molar-refractivity contribution in [1.29, 1.82) is 0 Å². The molecule has 0 saturated heterocycles. The highest BCUT2D eigenvalue weighted by Crippen LogP contribution is 2.42. The van der Waals surface area contributed by atoms with E-state index in [9.17, 15) is 14.7 Å². The predicted octanol–water partition coefficient (Wildman–Crippen LogP) is 1.70. The van der Waals surface area contributed by atoms with Crippen molar-refractivity contribution in [3.63, 3.8) is 0 Å². The number of phenolic OH excluding ortho intramolecular Hbond substituents is 1. The molecular formula is C17H16O6. The summed E-state index contributed by atoms with van der Waals surface area (Å²) in [4.78, 5) is 24.3. The lowest BCUT2D eigenvalue weighted by Crippen LogP contribution is -2.32. The number of carbonyl (C=O) groups is 2.